The van der Waals surface area contributed by atoms with Crippen LogP contribution in [-0.2, 0) is 17.9 Å². The SMILES string of the molecule is C=C(C)c1nc(F)ccc1Cn1cc(CN(C)c2nc(C)c3c(n2)N(C)CC(=O)N3)cn1.CCC. The fourth-order valence-corrected chi connectivity index (χ4v) is 3.66. The maximum Gasteiger partial charge on any atom is 0.244 e. The fraction of sp³-hybridized carbons (Fsp3) is 0.400. The van der Waals surface area contributed by atoms with E-state index in [1.54, 1.807) is 23.9 Å². The molecule has 1 amide bonds. The van der Waals surface area contributed by atoms with Crippen LogP contribution >= 0.6 is 0 Å². The average Bonchev–Trinajstić information content (AvgIpc) is 3.22. The molecule has 1 aliphatic heterocycles. The molecule has 10 heteroatoms. The molecule has 186 valence electrons. The minimum atomic E-state index is -0.528. The molecule has 3 aromatic rings. The van der Waals surface area contributed by atoms with Gasteiger partial charge < -0.3 is 15.1 Å². The summed E-state index contributed by atoms with van der Waals surface area (Å²) in [4.78, 5) is 28.7. The lowest BCUT2D eigenvalue weighted by Crippen LogP contribution is -2.37. The normalized spacial score (nSPS) is 12.4. The smallest absolute Gasteiger partial charge is 0.244 e. The standard InChI is InChI=1S/C22H25FN8O.C3H8/c1-13(2)19-16(6-7-17(23)26-19)11-31-10-15(8-24-31)9-30(5)22-25-14(3)20-21(28-22)29(4)12-18(32)27-20;1-3-2/h6-8,10H,1,9,11-12H2,2-5H3,(H,27,32);3H2,1-2H3. The van der Waals surface area contributed by atoms with Gasteiger partial charge >= 0.3 is 0 Å². The minimum Gasteiger partial charge on any atom is -0.348 e. The first kappa shape index (κ1) is 25.8. The van der Waals surface area contributed by atoms with Gasteiger partial charge in [-0.2, -0.15) is 14.5 Å². The lowest BCUT2D eigenvalue weighted by Gasteiger charge is -2.28. The van der Waals surface area contributed by atoms with Crippen molar-refractivity contribution in [3.05, 3.63) is 59.6 Å². The summed E-state index contributed by atoms with van der Waals surface area (Å²) in [5, 5.41) is 7.28. The highest BCUT2D eigenvalue weighted by Gasteiger charge is 2.24. The summed E-state index contributed by atoms with van der Waals surface area (Å²) in [7, 11) is 3.74. The van der Waals surface area contributed by atoms with E-state index in [1.165, 1.54) is 12.5 Å². The van der Waals surface area contributed by atoms with Crippen molar-refractivity contribution in [2.75, 3.05) is 35.8 Å². The van der Waals surface area contributed by atoms with Crippen molar-refractivity contribution < 1.29 is 9.18 Å². The third-order valence-electron chi connectivity index (χ3n) is 5.20. The first-order chi connectivity index (χ1) is 16.6. The molecule has 4 heterocycles. The van der Waals surface area contributed by atoms with Crippen LogP contribution in [0.5, 0.6) is 0 Å². The fourth-order valence-electron chi connectivity index (χ4n) is 3.66. The Labute approximate surface area is 205 Å². The molecule has 0 fully saturated rings. The highest BCUT2D eigenvalue weighted by atomic mass is 19.1. The lowest BCUT2D eigenvalue weighted by molar-refractivity contribution is -0.115. The van der Waals surface area contributed by atoms with Crippen LogP contribution in [0.4, 0.5) is 21.8 Å². The van der Waals surface area contributed by atoms with Gasteiger partial charge in [-0.05, 0) is 31.1 Å². The number of hydrogen-bond donors (Lipinski definition) is 1. The number of fused-ring (bicyclic) bond motifs is 1. The van der Waals surface area contributed by atoms with Crippen molar-refractivity contribution >= 4 is 28.9 Å². The number of anilines is 3. The predicted octanol–water partition coefficient (Wildman–Crippen LogP) is 4.04. The number of rotatable bonds is 6. The molecule has 0 atom stereocenters. The maximum atomic E-state index is 13.5. The molecule has 1 aliphatic rings. The summed E-state index contributed by atoms with van der Waals surface area (Å²) in [6.45, 7) is 13.0. The summed E-state index contributed by atoms with van der Waals surface area (Å²) >= 11 is 0. The number of amides is 1. The van der Waals surface area contributed by atoms with Crippen molar-refractivity contribution in [3.8, 4) is 0 Å². The number of likely N-dealkylation sites (N-methyl/N-ethyl adjacent to an activating group) is 1. The Morgan fingerprint density at radius 1 is 1.26 bits per heavy atom. The molecule has 0 aliphatic carbocycles. The summed E-state index contributed by atoms with van der Waals surface area (Å²) < 4.78 is 15.3. The Morgan fingerprint density at radius 3 is 2.66 bits per heavy atom. The molecule has 0 spiro atoms. The zero-order chi connectivity index (χ0) is 25.7. The highest BCUT2D eigenvalue weighted by Crippen LogP contribution is 2.30. The van der Waals surface area contributed by atoms with Crippen LogP contribution in [0.3, 0.4) is 0 Å². The molecule has 0 bridgehead atoms. The van der Waals surface area contributed by atoms with Crippen LogP contribution in [0.15, 0.2) is 31.1 Å². The highest BCUT2D eigenvalue weighted by molar-refractivity contribution is 6.00. The Kier molecular flexibility index (Phi) is 8.16. The average molecular weight is 481 g/mol. The molecular formula is C25H33FN8O. The van der Waals surface area contributed by atoms with E-state index < -0.39 is 5.95 Å². The number of pyridine rings is 1. The van der Waals surface area contributed by atoms with Gasteiger partial charge in [0, 0.05) is 32.4 Å². The van der Waals surface area contributed by atoms with Gasteiger partial charge in [0.1, 0.15) is 5.69 Å². The Morgan fingerprint density at radius 2 is 1.97 bits per heavy atom. The molecule has 0 aromatic carbocycles. The van der Waals surface area contributed by atoms with Crippen LogP contribution in [0.1, 0.15) is 49.7 Å². The van der Waals surface area contributed by atoms with E-state index in [0.717, 1.165) is 11.1 Å². The second kappa shape index (κ2) is 11.1. The number of aryl methyl sites for hydroxylation is 1. The maximum absolute atomic E-state index is 13.5. The quantitative estimate of drug-likeness (QED) is 0.533. The summed E-state index contributed by atoms with van der Waals surface area (Å²) in [5.41, 5.74) is 4.43. The number of halogens is 1. The van der Waals surface area contributed by atoms with E-state index in [9.17, 15) is 9.18 Å². The Bertz CT molecular complexity index is 1220. The van der Waals surface area contributed by atoms with Crippen molar-refractivity contribution in [2.45, 2.75) is 47.2 Å². The molecule has 0 radical (unpaired) electrons. The topological polar surface area (TPSA) is 92.1 Å². The molecular weight excluding hydrogens is 447 g/mol. The van der Waals surface area contributed by atoms with Crippen molar-refractivity contribution in [1.29, 1.82) is 0 Å². The van der Waals surface area contributed by atoms with Gasteiger partial charge in [0.15, 0.2) is 5.82 Å². The van der Waals surface area contributed by atoms with Gasteiger partial charge in [-0.15, -0.1) is 0 Å². The van der Waals surface area contributed by atoms with Crippen LogP contribution in [0, 0.1) is 12.9 Å². The third kappa shape index (κ3) is 6.20. The van der Waals surface area contributed by atoms with E-state index in [0.29, 0.717) is 47.5 Å². The molecule has 9 nitrogen and oxygen atoms in total. The zero-order valence-electron chi connectivity index (χ0n) is 21.3. The van der Waals surface area contributed by atoms with E-state index in [-0.39, 0.29) is 12.5 Å². The van der Waals surface area contributed by atoms with Gasteiger partial charge in [-0.1, -0.05) is 32.9 Å². The number of nitrogens with zero attached hydrogens (tertiary/aromatic N) is 7. The summed E-state index contributed by atoms with van der Waals surface area (Å²) in [5.74, 6) is 0.654. The molecule has 0 saturated heterocycles. The van der Waals surface area contributed by atoms with Crippen LogP contribution in [0.25, 0.3) is 5.57 Å². The Hall–Kier alpha value is -3.82. The summed E-state index contributed by atoms with van der Waals surface area (Å²) in [6.07, 6.45) is 4.96. The lowest BCUT2D eigenvalue weighted by atomic mass is 10.1. The number of carbonyl (C=O) groups excluding carboxylic acids is 1. The van der Waals surface area contributed by atoms with Crippen molar-refractivity contribution in [3.63, 3.8) is 0 Å². The number of aromatic nitrogens is 5. The molecule has 0 unspecified atom stereocenters. The van der Waals surface area contributed by atoms with E-state index in [4.69, 9.17) is 0 Å². The second-order valence-electron chi connectivity index (χ2n) is 8.74. The van der Waals surface area contributed by atoms with E-state index in [1.807, 2.05) is 37.0 Å². The van der Waals surface area contributed by atoms with Crippen LogP contribution < -0.4 is 15.1 Å². The number of allylic oxidation sites excluding steroid dienone is 1. The van der Waals surface area contributed by atoms with Gasteiger partial charge in [0.25, 0.3) is 0 Å². The summed E-state index contributed by atoms with van der Waals surface area (Å²) in [6, 6.07) is 3.05. The molecule has 4 rings (SSSR count). The molecule has 35 heavy (non-hydrogen) atoms. The van der Waals surface area contributed by atoms with Gasteiger partial charge in [0.05, 0.1) is 30.7 Å². The second-order valence-corrected chi connectivity index (χ2v) is 8.74. The van der Waals surface area contributed by atoms with Crippen LogP contribution in [-0.4, -0.2) is 51.3 Å². The first-order valence-electron chi connectivity index (χ1n) is 11.6. The number of nitrogens with one attached hydrogen (secondary N) is 1. The minimum absolute atomic E-state index is 0.0774. The van der Waals surface area contributed by atoms with Gasteiger partial charge in [0.2, 0.25) is 17.8 Å². The van der Waals surface area contributed by atoms with Gasteiger partial charge in [-0.3, -0.25) is 9.48 Å². The van der Waals surface area contributed by atoms with Crippen molar-refractivity contribution in [2.24, 2.45) is 0 Å². The third-order valence-corrected chi connectivity index (χ3v) is 5.20. The van der Waals surface area contributed by atoms with Gasteiger partial charge in [-0.25, -0.2) is 9.97 Å². The van der Waals surface area contributed by atoms with Crippen LogP contribution in [0.2, 0.25) is 0 Å². The zero-order valence-corrected chi connectivity index (χ0v) is 21.3. The predicted molar refractivity (Wildman–Crippen MR) is 137 cm³/mol. The largest absolute Gasteiger partial charge is 0.348 e. The Balaban J connectivity index is 0.00000108. The molecule has 1 N–H and O–H groups in total. The molecule has 3 aromatic heterocycles. The monoisotopic (exact) mass is 480 g/mol. The number of hydrogen-bond acceptors (Lipinski definition) is 7. The molecule has 0 saturated carbocycles. The van der Waals surface area contributed by atoms with E-state index >= 15 is 0 Å². The van der Waals surface area contributed by atoms with Crippen molar-refractivity contribution in [1.82, 2.24) is 24.7 Å². The number of carbonyl (C=O) groups is 1. The first-order valence-corrected chi connectivity index (χ1v) is 11.6. The van der Waals surface area contributed by atoms with E-state index in [2.05, 4.69) is 45.8 Å².